The number of carbonyl (C=O) groups is 3. The maximum absolute atomic E-state index is 14.3. The van der Waals surface area contributed by atoms with E-state index in [0.29, 0.717) is 19.5 Å². The Morgan fingerprint density at radius 1 is 1.00 bits per heavy atom. The van der Waals surface area contributed by atoms with Crippen molar-refractivity contribution in [2.75, 3.05) is 13.1 Å². The summed E-state index contributed by atoms with van der Waals surface area (Å²) in [6, 6.07) is 5.97. The summed E-state index contributed by atoms with van der Waals surface area (Å²) in [5.41, 5.74) is 0.910. The maximum atomic E-state index is 14.3. The Balaban J connectivity index is 3.46. The van der Waals surface area contributed by atoms with Gasteiger partial charge in [-0.1, -0.05) is 97.1 Å². The van der Waals surface area contributed by atoms with Gasteiger partial charge in [0.15, 0.2) is 0 Å². The molecule has 1 rings (SSSR count). The second-order valence-corrected chi connectivity index (χ2v) is 12.0. The van der Waals surface area contributed by atoms with Gasteiger partial charge in [0.05, 0.1) is 0 Å². The summed E-state index contributed by atoms with van der Waals surface area (Å²) < 4.78 is 5.49. The van der Waals surface area contributed by atoms with Crippen LogP contribution in [0.2, 0.25) is 0 Å². The second-order valence-electron chi connectivity index (χ2n) is 12.0. The molecule has 0 aliphatic rings. The molecule has 0 saturated carbocycles. The van der Waals surface area contributed by atoms with E-state index in [4.69, 9.17) is 4.74 Å². The number of nitrogens with one attached hydrogen (secondary N) is 2. The molecular weight excluding hydrogens is 502 g/mol. The maximum Gasteiger partial charge on any atom is 0.408 e. The molecule has 0 saturated heterocycles. The topological polar surface area (TPSA) is 87.7 Å². The highest BCUT2D eigenvalue weighted by Gasteiger charge is 2.36. The summed E-state index contributed by atoms with van der Waals surface area (Å²) in [7, 11) is 0. The van der Waals surface area contributed by atoms with Crippen LogP contribution in [-0.2, 0) is 14.3 Å². The van der Waals surface area contributed by atoms with Crippen LogP contribution in [0.1, 0.15) is 123 Å². The Kier molecular flexibility index (Phi) is 16.3. The van der Waals surface area contributed by atoms with Crippen LogP contribution >= 0.6 is 0 Å². The molecule has 1 aromatic carbocycles. The van der Waals surface area contributed by atoms with Crippen LogP contribution in [0.25, 0.3) is 6.08 Å². The Hall–Kier alpha value is -2.83. The van der Waals surface area contributed by atoms with Gasteiger partial charge in [0.1, 0.15) is 17.7 Å². The Morgan fingerprint density at radius 3 is 2.25 bits per heavy atom. The molecular formula is C33H55N3O4. The van der Waals surface area contributed by atoms with Crippen molar-refractivity contribution in [2.45, 2.75) is 124 Å². The van der Waals surface area contributed by atoms with Gasteiger partial charge in [0.25, 0.3) is 0 Å². The first-order valence-electron chi connectivity index (χ1n) is 15.2. The summed E-state index contributed by atoms with van der Waals surface area (Å²) in [4.78, 5) is 42.5. The lowest BCUT2D eigenvalue weighted by molar-refractivity contribution is -0.143. The molecule has 0 spiro atoms. The number of hydrogen-bond donors (Lipinski definition) is 2. The van der Waals surface area contributed by atoms with Crippen LogP contribution < -0.4 is 10.6 Å². The Morgan fingerprint density at radius 2 is 1.65 bits per heavy atom. The number of nitrogens with zero attached hydrogens (tertiary/aromatic N) is 1. The third-order valence-corrected chi connectivity index (χ3v) is 6.58. The fourth-order valence-corrected chi connectivity index (χ4v) is 4.59. The summed E-state index contributed by atoms with van der Waals surface area (Å²) in [6.45, 7) is 18.5. The minimum atomic E-state index is -0.824. The molecule has 0 aliphatic carbocycles. The summed E-state index contributed by atoms with van der Waals surface area (Å²) >= 11 is 0. The molecule has 0 fully saturated rings. The zero-order chi connectivity index (χ0) is 30.1. The average molecular weight is 558 g/mol. The molecule has 0 heterocycles. The first-order valence-corrected chi connectivity index (χ1v) is 15.2. The van der Waals surface area contributed by atoms with E-state index < -0.39 is 23.8 Å². The van der Waals surface area contributed by atoms with Crippen molar-refractivity contribution in [1.82, 2.24) is 15.5 Å². The third-order valence-electron chi connectivity index (χ3n) is 6.58. The van der Waals surface area contributed by atoms with Gasteiger partial charge in [-0.05, 0) is 63.1 Å². The van der Waals surface area contributed by atoms with Crippen molar-refractivity contribution in [3.63, 3.8) is 0 Å². The zero-order valence-corrected chi connectivity index (χ0v) is 26.2. The van der Waals surface area contributed by atoms with Gasteiger partial charge in [-0.15, -0.1) is 0 Å². The second kappa shape index (κ2) is 18.5. The van der Waals surface area contributed by atoms with Crippen LogP contribution in [0.5, 0.6) is 0 Å². The van der Waals surface area contributed by atoms with Crippen LogP contribution in [0, 0.1) is 5.92 Å². The van der Waals surface area contributed by atoms with E-state index in [1.807, 2.05) is 38.1 Å². The number of rotatable bonds is 18. The summed E-state index contributed by atoms with van der Waals surface area (Å²) in [6.07, 6.45) is 9.68. The highest BCUT2D eigenvalue weighted by molar-refractivity contribution is 5.92. The molecule has 3 amide bonds. The van der Waals surface area contributed by atoms with E-state index in [1.54, 1.807) is 31.7 Å². The van der Waals surface area contributed by atoms with Crippen molar-refractivity contribution < 1.29 is 19.1 Å². The zero-order valence-electron chi connectivity index (χ0n) is 26.2. The van der Waals surface area contributed by atoms with Crippen LogP contribution in [0.15, 0.2) is 30.8 Å². The fraction of sp³-hybridized carbons (Fsp3) is 0.667. The van der Waals surface area contributed by atoms with Gasteiger partial charge in [-0.25, -0.2) is 4.79 Å². The number of benzene rings is 1. The van der Waals surface area contributed by atoms with E-state index in [0.717, 1.165) is 56.1 Å². The average Bonchev–Trinajstić information content (AvgIpc) is 2.88. The van der Waals surface area contributed by atoms with Gasteiger partial charge in [-0.2, -0.15) is 0 Å². The number of alkyl carbamates (subject to hydrolysis) is 1. The molecule has 0 aromatic heterocycles. The number of amides is 3. The molecule has 40 heavy (non-hydrogen) atoms. The minimum Gasteiger partial charge on any atom is -0.444 e. The lowest BCUT2D eigenvalue weighted by atomic mass is 9.97. The number of carbonyl (C=O) groups excluding carboxylic acids is 3. The third kappa shape index (κ3) is 13.5. The van der Waals surface area contributed by atoms with E-state index in [-0.39, 0.29) is 17.7 Å². The van der Waals surface area contributed by atoms with Crippen molar-refractivity contribution >= 4 is 24.0 Å². The molecule has 226 valence electrons. The molecule has 0 radical (unpaired) electrons. The van der Waals surface area contributed by atoms with Gasteiger partial charge in [-0.3, -0.25) is 9.59 Å². The predicted octanol–water partition coefficient (Wildman–Crippen LogP) is 7.42. The van der Waals surface area contributed by atoms with Crippen molar-refractivity contribution in [1.29, 1.82) is 0 Å². The van der Waals surface area contributed by atoms with E-state index in [1.165, 1.54) is 6.42 Å². The minimum absolute atomic E-state index is 0.140. The highest BCUT2D eigenvalue weighted by Crippen LogP contribution is 2.26. The lowest BCUT2D eigenvalue weighted by Crippen LogP contribution is -2.53. The molecule has 0 bridgehead atoms. The smallest absolute Gasteiger partial charge is 0.408 e. The van der Waals surface area contributed by atoms with Gasteiger partial charge in [0.2, 0.25) is 11.8 Å². The first kappa shape index (κ1) is 35.2. The van der Waals surface area contributed by atoms with Crippen LogP contribution in [0.4, 0.5) is 4.79 Å². The molecule has 2 atom stereocenters. The van der Waals surface area contributed by atoms with Crippen LogP contribution in [0.3, 0.4) is 0 Å². The largest absolute Gasteiger partial charge is 0.444 e. The highest BCUT2D eigenvalue weighted by atomic mass is 16.6. The molecule has 7 heteroatoms. The van der Waals surface area contributed by atoms with E-state index in [2.05, 4.69) is 31.1 Å². The molecule has 1 aromatic rings. The quantitative estimate of drug-likeness (QED) is 0.184. The standard InChI is InChI=1S/C33H55N3O4/c1-9-12-14-15-16-17-22-36(31(38)28(23-25(4)5)35-32(39)40-33(6,7)8)29(30(37)34-21-13-10-2)27-20-18-19-26(11-3)24-27/h11,18-20,24-25,28-29H,3,9-10,12-17,21-23H2,1-2,4-8H3,(H,34,37)(H,35,39). The first-order chi connectivity index (χ1) is 18.9. The van der Waals surface area contributed by atoms with Crippen molar-refractivity contribution in [3.8, 4) is 0 Å². The fourth-order valence-electron chi connectivity index (χ4n) is 4.59. The predicted molar refractivity (Wildman–Crippen MR) is 165 cm³/mol. The van der Waals surface area contributed by atoms with E-state index >= 15 is 0 Å². The number of ether oxygens (including phenoxy) is 1. The Labute approximate surface area is 243 Å². The summed E-state index contributed by atoms with van der Waals surface area (Å²) in [5, 5.41) is 5.88. The van der Waals surface area contributed by atoms with Gasteiger partial charge in [0, 0.05) is 13.1 Å². The van der Waals surface area contributed by atoms with Gasteiger partial charge >= 0.3 is 6.09 Å². The monoisotopic (exact) mass is 557 g/mol. The summed E-state index contributed by atoms with van der Waals surface area (Å²) in [5.74, 6) is -0.344. The Bertz CT molecular complexity index is 923. The normalized spacial score (nSPS) is 12.9. The lowest BCUT2D eigenvalue weighted by Gasteiger charge is -2.35. The molecule has 7 nitrogen and oxygen atoms in total. The molecule has 0 aliphatic heterocycles. The van der Waals surface area contributed by atoms with Crippen LogP contribution in [-0.4, -0.2) is 47.5 Å². The van der Waals surface area contributed by atoms with E-state index in [9.17, 15) is 14.4 Å². The molecule has 2 unspecified atom stereocenters. The SMILES string of the molecule is C=Cc1cccc(C(C(=O)NCCCC)N(CCCCCCCC)C(=O)C(CC(C)C)NC(=O)OC(C)(C)C)c1. The molecule has 2 N–H and O–H groups in total. The number of hydrogen-bond acceptors (Lipinski definition) is 4. The van der Waals surface area contributed by atoms with Gasteiger partial charge < -0.3 is 20.3 Å². The number of unbranched alkanes of at least 4 members (excludes halogenated alkanes) is 6. The van der Waals surface area contributed by atoms with Crippen molar-refractivity contribution in [2.24, 2.45) is 5.92 Å². The van der Waals surface area contributed by atoms with Crippen molar-refractivity contribution in [3.05, 3.63) is 42.0 Å².